The first-order valence-electron chi connectivity index (χ1n) is 5.02. The monoisotopic (exact) mass is 243 g/mol. The Morgan fingerprint density at radius 1 is 1.44 bits per heavy atom. The molecule has 2 N–H and O–H groups in total. The molecule has 90 valence electrons. The molecule has 0 amide bonds. The molecule has 16 heavy (non-hydrogen) atoms. The predicted octanol–water partition coefficient (Wildman–Crippen LogP) is 1.05. The van der Waals surface area contributed by atoms with E-state index in [1.54, 1.807) is 7.11 Å². The topological polar surface area (TPSA) is 66.1 Å². The number of hydrogen-bond donors (Lipinski definition) is 2. The highest BCUT2D eigenvalue weighted by molar-refractivity contribution is 7.71. The van der Waals surface area contributed by atoms with E-state index in [0.717, 1.165) is 19.6 Å². The number of aromatic nitrogens is 3. The van der Waals surface area contributed by atoms with Crippen LogP contribution in [0, 0.1) is 4.77 Å². The quantitative estimate of drug-likeness (QED) is 0.575. The summed E-state index contributed by atoms with van der Waals surface area (Å²) in [4.78, 5) is 13.1. The van der Waals surface area contributed by atoms with Crippen molar-refractivity contribution in [1.82, 2.24) is 15.0 Å². The van der Waals surface area contributed by atoms with Crippen LogP contribution in [0.15, 0.2) is 0 Å². The van der Waals surface area contributed by atoms with Gasteiger partial charge in [-0.25, -0.2) is 0 Å². The summed E-state index contributed by atoms with van der Waals surface area (Å²) in [5, 5.41) is 3.14. The second kappa shape index (κ2) is 6.39. The van der Waals surface area contributed by atoms with Gasteiger partial charge in [0.25, 0.3) is 0 Å². The minimum Gasteiger partial charge on any atom is -0.385 e. The number of nitrogens with zero attached hydrogens (tertiary/aromatic N) is 3. The largest absolute Gasteiger partial charge is 0.385 e. The lowest BCUT2D eigenvalue weighted by Crippen LogP contribution is -2.16. The molecule has 0 saturated carbocycles. The van der Waals surface area contributed by atoms with Gasteiger partial charge in [0.2, 0.25) is 16.7 Å². The van der Waals surface area contributed by atoms with Crippen LogP contribution in [0.4, 0.5) is 11.9 Å². The Kier molecular flexibility index (Phi) is 5.13. The van der Waals surface area contributed by atoms with E-state index in [2.05, 4.69) is 20.3 Å². The van der Waals surface area contributed by atoms with Crippen LogP contribution in [-0.2, 0) is 4.74 Å². The van der Waals surface area contributed by atoms with Gasteiger partial charge >= 0.3 is 0 Å². The number of anilines is 2. The predicted molar refractivity (Wildman–Crippen MR) is 66.5 cm³/mol. The van der Waals surface area contributed by atoms with Gasteiger partial charge in [0.05, 0.1) is 0 Å². The van der Waals surface area contributed by atoms with Gasteiger partial charge in [-0.05, 0) is 18.6 Å². The Labute approximate surface area is 100 Å². The molecule has 7 heteroatoms. The summed E-state index contributed by atoms with van der Waals surface area (Å²) >= 11 is 4.97. The number of aromatic amines is 1. The molecule has 6 nitrogen and oxygen atoms in total. The Morgan fingerprint density at radius 2 is 2.19 bits per heavy atom. The van der Waals surface area contributed by atoms with E-state index in [9.17, 15) is 0 Å². The first-order valence-corrected chi connectivity index (χ1v) is 5.43. The van der Waals surface area contributed by atoms with Crippen molar-refractivity contribution in [3.63, 3.8) is 0 Å². The summed E-state index contributed by atoms with van der Waals surface area (Å²) in [6, 6.07) is 0. The summed E-state index contributed by atoms with van der Waals surface area (Å²) < 4.78 is 5.28. The molecule has 1 rings (SSSR count). The van der Waals surface area contributed by atoms with Crippen LogP contribution >= 0.6 is 12.2 Å². The highest BCUT2D eigenvalue weighted by atomic mass is 32.1. The van der Waals surface area contributed by atoms with Crippen molar-refractivity contribution in [2.24, 2.45) is 0 Å². The minimum absolute atomic E-state index is 0.330. The second-order valence-electron chi connectivity index (χ2n) is 3.47. The number of hydrogen-bond acceptors (Lipinski definition) is 6. The van der Waals surface area contributed by atoms with E-state index >= 15 is 0 Å². The van der Waals surface area contributed by atoms with Gasteiger partial charge in [-0.1, -0.05) is 0 Å². The second-order valence-corrected chi connectivity index (χ2v) is 3.84. The molecule has 0 fully saturated rings. The number of H-pyrrole nitrogens is 1. The van der Waals surface area contributed by atoms with Crippen LogP contribution in [0.5, 0.6) is 0 Å². The van der Waals surface area contributed by atoms with Crippen molar-refractivity contribution < 1.29 is 4.74 Å². The zero-order chi connectivity index (χ0) is 12.0. The van der Waals surface area contributed by atoms with Gasteiger partial charge in [0, 0.05) is 34.4 Å². The van der Waals surface area contributed by atoms with E-state index in [-0.39, 0.29) is 0 Å². The maximum Gasteiger partial charge on any atom is 0.225 e. The van der Waals surface area contributed by atoms with E-state index in [1.807, 2.05) is 19.0 Å². The maximum atomic E-state index is 4.97. The molecular weight excluding hydrogens is 226 g/mol. The lowest BCUT2D eigenvalue weighted by atomic mass is 10.4. The number of rotatable bonds is 6. The van der Waals surface area contributed by atoms with Crippen LogP contribution < -0.4 is 10.2 Å². The standard InChI is InChI=1S/C9H17N5OS/c1-14(2)8-11-7(12-9(16)13-8)10-5-4-6-15-3/h4-6H2,1-3H3,(H2,10,11,12,13,16). The molecule has 1 heterocycles. The molecular formula is C9H17N5OS. The normalized spacial score (nSPS) is 10.2. The molecule has 0 aliphatic carbocycles. The highest BCUT2D eigenvalue weighted by Crippen LogP contribution is 2.05. The van der Waals surface area contributed by atoms with Crippen molar-refractivity contribution in [1.29, 1.82) is 0 Å². The summed E-state index contributed by atoms with van der Waals surface area (Å²) in [5.74, 6) is 1.33. The zero-order valence-electron chi connectivity index (χ0n) is 9.78. The third-order valence-electron chi connectivity index (χ3n) is 1.88. The molecule has 0 radical (unpaired) electrons. The summed E-state index contributed by atoms with van der Waals surface area (Å²) in [6.07, 6.45) is 0.915. The Bertz CT molecular complexity index is 378. The van der Waals surface area contributed by atoms with E-state index in [0.29, 0.717) is 16.7 Å². The van der Waals surface area contributed by atoms with Crippen LogP contribution in [0.25, 0.3) is 0 Å². The zero-order valence-corrected chi connectivity index (χ0v) is 10.6. The highest BCUT2D eigenvalue weighted by Gasteiger charge is 2.01. The fraction of sp³-hybridized carbons (Fsp3) is 0.667. The fourth-order valence-electron chi connectivity index (χ4n) is 1.09. The van der Waals surface area contributed by atoms with Crippen molar-refractivity contribution >= 4 is 24.1 Å². The number of ether oxygens (including phenoxy) is 1. The van der Waals surface area contributed by atoms with Gasteiger partial charge < -0.3 is 15.0 Å². The summed E-state index contributed by atoms with van der Waals surface area (Å²) in [7, 11) is 5.47. The lowest BCUT2D eigenvalue weighted by molar-refractivity contribution is 0.197. The third-order valence-corrected chi connectivity index (χ3v) is 2.06. The van der Waals surface area contributed by atoms with Gasteiger partial charge in [-0.15, -0.1) is 0 Å². The molecule has 0 bridgehead atoms. The Morgan fingerprint density at radius 3 is 2.81 bits per heavy atom. The summed E-state index contributed by atoms with van der Waals surface area (Å²) in [6.45, 7) is 1.50. The van der Waals surface area contributed by atoms with Gasteiger partial charge in [0.15, 0.2) is 0 Å². The van der Waals surface area contributed by atoms with Crippen molar-refractivity contribution in [2.75, 3.05) is 44.6 Å². The van der Waals surface area contributed by atoms with Crippen LogP contribution in [-0.4, -0.2) is 49.3 Å². The Balaban J connectivity index is 2.62. The van der Waals surface area contributed by atoms with Gasteiger partial charge in [-0.2, -0.15) is 9.97 Å². The summed E-state index contributed by atoms with van der Waals surface area (Å²) in [5.41, 5.74) is 0. The number of methoxy groups -OCH3 is 1. The SMILES string of the molecule is COCCCNc1nc(=S)nc(N(C)C)[nH]1. The van der Waals surface area contributed by atoms with Crippen LogP contribution in [0.1, 0.15) is 6.42 Å². The van der Waals surface area contributed by atoms with Crippen LogP contribution in [0.3, 0.4) is 0 Å². The molecule has 0 saturated heterocycles. The lowest BCUT2D eigenvalue weighted by Gasteiger charge is -2.12. The maximum absolute atomic E-state index is 4.97. The first kappa shape index (κ1) is 12.9. The van der Waals surface area contributed by atoms with Crippen molar-refractivity contribution in [3.8, 4) is 0 Å². The first-order chi connectivity index (χ1) is 7.63. The minimum atomic E-state index is 0.330. The van der Waals surface area contributed by atoms with E-state index in [4.69, 9.17) is 17.0 Å². The van der Waals surface area contributed by atoms with Crippen LogP contribution in [0.2, 0.25) is 0 Å². The average molecular weight is 243 g/mol. The average Bonchev–Trinajstić information content (AvgIpc) is 2.23. The molecule has 0 aromatic carbocycles. The van der Waals surface area contributed by atoms with Gasteiger partial charge in [0.1, 0.15) is 0 Å². The van der Waals surface area contributed by atoms with Crippen molar-refractivity contribution in [3.05, 3.63) is 4.77 Å². The number of nitrogens with one attached hydrogen (secondary N) is 2. The van der Waals surface area contributed by atoms with Gasteiger partial charge in [-0.3, -0.25) is 4.98 Å². The Hall–Kier alpha value is -1.21. The van der Waals surface area contributed by atoms with Crippen molar-refractivity contribution in [2.45, 2.75) is 6.42 Å². The van der Waals surface area contributed by atoms with E-state index in [1.165, 1.54) is 0 Å². The molecule has 0 aliphatic heterocycles. The van der Waals surface area contributed by atoms with E-state index < -0.39 is 0 Å². The fourth-order valence-corrected chi connectivity index (χ4v) is 1.27. The smallest absolute Gasteiger partial charge is 0.225 e. The molecule has 1 aromatic rings. The molecule has 0 aliphatic rings. The molecule has 0 spiro atoms. The molecule has 0 unspecified atom stereocenters. The third kappa shape index (κ3) is 4.11. The molecule has 0 atom stereocenters. The molecule has 1 aromatic heterocycles.